The summed E-state index contributed by atoms with van der Waals surface area (Å²) in [5.74, 6) is 1.71. The van der Waals surface area contributed by atoms with Gasteiger partial charge in [-0.1, -0.05) is 24.3 Å². The van der Waals surface area contributed by atoms with Gasteiger partial charge in [-0.05, 0) is 37.1 Å². The third-order valence-electron chi connectivity index (χ3n) is 2.90. The van der Waals surface area contributed by atoms with Gasteiger partial charge >= 0.3 is 0 Å². The second kappa shape index (κ2) is 6.14. The molecule has 0 atom stereocenters. The Hall–Kier alpha value is -2.16. The molecule has 19 heavy (non-hydrogen) atoms. The fourth-order valence-corrected chi connectivity index (χ4v) is 1.79. The molecule has 0 unspecified atom stereocenters. The predicted octanol–water partition coefficient (Wildman–Crippen LogP) is 3.34. The van der Waals surface area contributed by atoms with E-state index in [2.05, 4.69) is 0 Å². The summed E-state index contributed by atoms with van der Waals surface area (Å²) in [4.78, 5) is 0. The van der Waals surface area contributed by atoms with Gasteiger partial charge in [0.05, 0.1) is 0 Å². The van der Waals surface area contributed by atoms with Crippen LogP contribution in [0.15, 0.2) is 42.5 Å². The maximum absolute atomic E-state index is 5.73. The van der Waals surface area contributed by atoms with Gasteiger partial charge in [-0.25, -0.2) is 0 Å². The Bertz CT molecular complexity index is 552. The minimum absolute atomic E-state index is 0.499. The zero-order valence-electron chi connectivity index (χ0n) is 11.3. The van der Waals surface area contributed by atoms with Crippen molar-refractivity contribution in [2.24, 2.45) is 0 Å². The van der Waals surface area contributed by atoms with Crippen LogP contribution in [0.25, 0.3) is 0 Å². The van der Waals surface area contributed by atoms with Gasteiger partial charge in [0.2, 0.25) is 0 Å². The molecule has 0 aliphatic carbocycles. The topological polar surface area (TPSA) is 44.5 Å². The van der Waals surface area contributed by atoms with Crippen LogP contribution in [0.1, 0.15) is 11.1 Å². The van der Waals surface area contributed by atoms with E-state index in [0.717, 1.165) is 22.6 Å². The molecule has 2 aromatic carbocycles. The highest BCUT2D eigenvalue weighted by Crippen LogP contribution is 2.21. The molecule has 0 fully saturated rings. The van der Waals surface area contributed by atoms with Crippen molar-refractivity contribution < 1.29 is 9.47 Å². The SMILES string of the molecule is Cc1ccccc1OCCOc1cc(N)ccc1C. The quantitative estimate of drug-likeness (QED) is 0.660. The van der Waals surface area contributed by atoms with E-state index in [0.29, 0.717) is 18.9 Å². The highest BCUT2D eigenvalue weighted by molar-refractivity contribution is 5.47. The molecule has 0 heterocycles. The molecule has 2 aromatic rings. The van der Waals surface area contributed by atoms with Gasteiger partial charge in [-0.3, -0.25) is 0 Å². The van der Waals surface area contributed by atoms with Crippen molar-refractivity contribution in [3.63, 3.8) is 0 Å². The second-order valence-corrected chi connectivity index (χ2v) is 4.49. The van der Waals surface area contributed by atoms with E-state index in [4.69, 9.17) is 15.2 Å². The van der Waals surface area contributed by atoms with Crippen LogP contribution in [0.3, 0.4) is 0 Å². The van der Waals surface area contributed by atoms with Gasteiger partial charge in [0.15, 0.2) is 0 Å². The van der Waals surface area contributed by atoms with Crippen LogP contribution in [-0.2, 0) is 0 Å². The van der Waals surface area contributed by atoms with Crippen molar-refractivity contribution >= 4 is 5.69 Å². The Morgan fingerprint density at radius 1 is 0.842 bits per heavy atom. The molecular formula is C16H19NO2. The molecule has 0 aliphatic heterocycles. The van der Waals surface area contributed by atoms with E-state index < -0.39 is 0 Å². The second-order valence-electron chi connectivity index (χ2n) is 4.49. The number of rotatable bonds is 5. The lowest BCUT2D eigenvalue weighted by atomic mass is 10.2. The molecule has 0 amide bonds. The number of aryl methyl sites for hydroxylation is 2. The van der Waals surface area contributed by atoms with Crippen molar-refractivity contribution in [3.8, 4) is 11.5 Å². The first-order chi connectivity index (χ1) is 9.16. The van der Waals surface area contributed by atoms with Crippen LogP contribution in [0.4, 0.5) is 5.69 Å². The number of nitrogens with two attached hydrogens (primary N) is 1. The maximum Gasteiger partial charge on any atom is 0.124 e. The fraction of sp³-hybridized carbons (Fsp3) is 0.250. The van der Waals surface area contributed by atoms with E-state index in [1.54, 1.807) is 0 Å². The van der Waals surface area contributed by atoms with Crippen molar-refractivity contribution in [2.45, 2.75) is 13.8 Å². The molecule has 100 valence electrons. The van der Waals surface area contributed by atoms with Crippen LogP contribution in [0, 0.1) is 13.8 Å². The number of nitrogen functional groups attached to an aromatic ring is 1. The Morgan fingerprint density at radius 3 is 2.21 bits per heavy atom. The highest BCUT2D eigenvalue weighted by atomic mass is 16.5. The smallest absolute Gasteiger partial charge is 0.124 e. The van der Waals surface area contributed by atoms with Gasteiger partial charge in [0, 0.05) is 11.8 Å². The molecule has 2 rings (SSSR count). The van der Waals surface area contributed by atoms with Crippen molar-refractivity contribution in [1.29, 1.82) is 0 Å². The molecule has 3 nitrogen and oxygen atoms in total. The average molecular weight is 257 g/mol. The summed E-state index contributed by atoms with van der Waals surface area (Å²) in [6.07, 6.45) is 0. The summed E-state index contributed by atoms with van der Waals surface area (Å²) in [5, 5.41) is 0. The number of hydrogen-bond acceptors (Lipinski definition) is 3. The molecule has 0 aromatic heterocycles. The van der Waals surface area contributed by atoms with Crippen LogP contribution < -0.4 is 15.2 Å². The third kappa shape index (κ3) is 3.65. The van der Waals surface area contributed by atoms with Crippen LogP contribution >= 0.6 is 0 Å². The van der Waals surface area contributed by atoms with Gasteiger partial charge in [-0.15, -0.1) is 0 Å². The van der Waals surface area contributed by atoms with Crippen LogP contribution in [0.5, 0.6) is 11.5 Å². The molecular weight excluding hydrogens is 238 g/mol. The zero-order valence-corrected chi connectivity index (χ0v) is 11.3. The molecule has 0 bridgehead atoms. The summed E-state index contributed by atoms with van der Waals surface area (Å²) >= 11 is 0. The summed E-state index contributed by atoms with van der Waals surface area (Å²) < 4.78 is 11.3. The Labute approximate surface area is 114 Å². The minimum Gasteiger partial charge on any atom is -0.490 e. The number of ether oxygens (including phenoxy) is 2. The number of anilines is 1. The summed E-state index contributed by atoms with van der Waals surface area (Å²) in [6.45, 7) is 5.03. The largest absolute Gasteiger partial charge is 0.490 e. The standard InChI is InChI=1S/C16H19NO2/c1-12-5-3-4-6-15(12)18-9-10-19-16-11-14(17)8-7-13(16)2/h3-8,11H,9-10,17H2,1-2H3. The first kappa shape index (κ1) is 13.3. The Morgan fingerprint density at radius 2 is 1.47 bits per heavy atom. The molecule has 0 aliphatic rings. The average Bonchev–Trinajstić information content (AvgIpc) is 2.40. The van der Waals surface area contributed by atoms with Crippen LogP contribution in [-0.4, -0.2) is 13.2 Å². The molecule has 3 heteroatoms. The third-order valence-corrected chi connectivity index (χ3v) is 2.90. The van der Waals surface area contributed by atoms with Gasteiger partial charge in [0.1, 0.15) is 24.7 Å². The van der Waals surface area contributed by atoms with E-state index in [9.17, 15) is 0 Å². The van der Waals surface area contributed by atoms with E-state index in [-0.39, 0.29) is 0 Å². The molecule has 0 saturated carbocycles. The Kier molecular flexibility index (Phi) is 4.29. The lowest BCUT2D eigenvalue weighted by molar-refractivity contribution is 0.215. The van der Waals surface area contributed by atoms with E-state index in [1.807, 2.05) is 56.3 Å². The number of para-hydroxylation sites is 1. The lowest BCUT2D eigenvalue weighted by Gasteiger charge is -2.12. The minimum atomic E-state index is 0.499. The normalized spacial score (nSPS) is 10.2. The summed E-state index contributed by atoms with van der Waals surface area (Å²) in [6, 6.07) is 13.6. The van der Waals surface area contributed by atoms with Crippen molar-refractivity contribution in [3.05, 3.63) is 53.6 Å². The molecule has 2 N–H and O–H groups in total. The van der Waals surface area contributed by atoms with Gasteiger partial charge in [0.25, 0.3) is 0 Å². The van der Waals surface area contributed by atoms with E-state index >= 15 is 0 Å². The monoisotopic (exact) mass is 257 g/mol. The fourth-order valence-electron chi connectivity index (χ4n) is 1.79. The van der Waals surface area contributed by atoms with Gasteiger partial charge in [-0.2, -0.15) is 0 Å². The van der Waals surface area contributed by atoms with Crippen molar-refractivity contribution in [1.82, 2.24) is 0 Å². The molecule has 0 saturated heterocycles. The maximum atomic E-state index is 5.73. The van der Waals surface area contributed by atoms with E-state index in [1.165, 1.54) is 0 Å². The lowest BCUT2D eigenvalue weighted by Crippen LogP contribution is -2.10. The number of hydrogen-bond donors (Lipinski definition) is 1. The first-order valence-electron chi connectivity index (χ1n) is 6.34. The highest BCUT2D eigenvalue weighted by Gasteiger charge is 2.01. The zero-order chi connectivity index (χ0) is 13.7. The number of benzene rings is 2. The first-order valence-corrected chi connectivity index (χ1v) is 6.34. The summed E-state index contributed by atoms with van der Waals surface area (Å²) in [5.41, 5.74) is 8.64. The summed E-state index contributed by atoms with van der Waals surface area (Å²) in [7, 11) is 0. The molecule has 0 radical (unpaired) electrons. The van der Waals surface area contributed by atoms with Crippen molar-refractivity contribution in [2.75, 3.05) is 18.9 Å². The Balaban J connectivity index is 1.84. The van der Waals surface area contributed by atoms with Gasteiger partial charge < -0.3 is 15.2 Å². The van der Waals surface area contributed by atoms with Crippen LogP contribution in [0.2, 0.25) is 0 Å². The predicted molar refractivity (Wildman–Crippen MR) is 77.8 cm³/mol. The molecule has 0 spiro atoms.